The van der Waals surface area contributed by atoms with Crippen molar-refractivity contribution < 1.29 is 14.3 Å². The molecule has 126 valence electrons. The van der Waals surface area contributed by atoms with E-state index >= 15 is 0 Å². The van der Waals surface area contributed by atoms with E-state index in [4.69, 9.17) is 9.47 Å². The maximum Gasteiger partial charge on any atom is 0.274 e. The van der Waals surface area contributed by atoms with E-state index in [9.17, 15) is 4.79 Å². The van der Waals surface area contributed by atoms with E-state index in [0.29, 0.717) is 23.9 Å². The summed E-state index contributed by atoms with van der Waals surface area (Å²) in [5.74, 6) is 0.351. The molecule has 1 aliphatic heterocycles. The van der Waals surface area contributed by atoms with Crippen LogP contribution in [0, 0.1) is 0 Å². The Morgan fingerprint density at radius 1 is 1.16 bits per heavy atom. The minimum absolute atomic E-state index is 0.0432. The average Bonchev–Trinajstić information content (AvgIpc) is 3.15. The van der Waals surface area contributed by atoms with Crippen molar-refractivity contribution in [2.75, 3.05) is 18.5 Å². The van der Waals surface area contributed by atoms with Crippen molar-refractivity contribution in [2.24, 2.45) is 0 Å². The van der Waals surface area contributed by atoms with Crippen molar-refractivity contribution in [3.63, 3.8) is 0 Å². The van der Waals surface area contributed by atoms with E-state index in [1.165, 1.54) is 0 Å². The molecule has 1 amide bonds. The molecule has 3 heterocycles. The van der Waals surface area contributed by atoms with Gasteiger partial charge >= 0.3 is 0 Å². The molecule has 1 atom stereocenters. The van der Waals surface area contributed by atoms with Gasteiger partial charge in [-0.1, -0.05) is 6.07 Å². The van der Waals surface area contributed by atoms with E-state index < -0.39 is 0 Å². The third-order valence-electron chi connectivity index (χ3n) is 4.05. The third kappa shape index (κ3) is 3.44. The average molecular weight is 335 g/mol. The SMILES string of the molecule is O=C(Nc1ccc2c(OC3CCOC3)nccc2c1)c1ccccn1. The van der Waals surface area contributed by atoms with Gasteiger partial charge in [-0.3, -0.25) is 9.78 Å². The summed E-state index contributed by atoms with van der Waals surface area (Å²) in [5.41, 5.74) is 1.08. The monoisotopic (exact) mass is 335 g/mol. The second kappa shape index (κ2) is 6.86. The predicted octanol–water partition coefficient (Wildman–Crippen LogP) is 3.05. The van der Waals surface area contributed by atoms with Gasteiger partial charge in [0.25, 0.3) is 5.91 Å². The topological polar surface area (TPSA) is 73.3 Å². The zero-order valence-corrected chi connectivity index (χ0v) is 13.5. The van der Waals surface area contributed by atoms with Crippen molar-refractivity contribution in [1.29, 1.82) is 0 Å². The number of hydrogen-bond donors (Lipinski definition) is 1. The van der Waals surface area contributed by atoms with Crippen LogP contribution < -0.4 is 10.1 Å². The Bertz CT molecular complexity index is 893. The molecule has 0 bridgehead atoms. The van der Waals surface area contributed by atoms with E-state index in [1.807, 2.05) is 24.3 Å². The zero-order chi connectivity index (χ0) is 17.1. The normalized spacial score (nSPS) is 16.7. The van der Waals surface area contributed by atoms with Crippen LogP contribution in [0.2, 0.25) is 0 Å². The maximum atomic E-state index is 12.2. The Morgan fingerprint density at radius 2 is 2.12 bits per heavy atom. The Morgan fingerprint density at radius 3 is 2.92 bits per heavy atom. The van der Waals surface area contributed by atoms with Crippen molar-refractivity contribution >= 4 is 22.4 Å². The molecule has 1 N–H and O–H groups in total. The number of nitrogens with zero attached hydrogens (tertiary/aromatic N) is 2. The fourth-order valence-electron chi connectivity index (χ4n) is 2.78. The molecule has 1 unspecified atom stereocenters. The molecular weight excluding hydrogens is 318 g/mol. The van der Waals surface area contributed by atoms with Crippen molar-refractivity contribution in [1.82, 2.24) is 9.97 Å². The Labute approximate surface area is 144 Å². The molecular formula is C19H17N3O3. The maximum absolute atomic E-state index is 12.2. The van der Waals surface area contributed by atoms with Crippen molar-refractivity contribution in [3.05, 3.63) is 60.6 Å². The number of aromatic nitrogens is 2. The van der Waals surface area contributed by atoms with Gasteiger partial charge in [0.15, 0.2) is 0 Å². The summed E-state index contributed by atoms with van der Waals surface area (Å²) >= 11 is 0. The highest BCUT2D eigenvalue weighted by Crippen LogP contribution is 2.27. The van der Waals surface area contributed by atoms with Crippen LogP contribution in [-0.2, 0) is 4.74 Å². The summed E-state index contributed by atoms with van der Waals surface area (Å²) in [5, 5.41) is 4.71. The number of fused-ring (bicyclic) bond motifs is 1. The molecule has 6 heteroatoms. The summed E-state index contributed by atoms with van der Waals surface area (Å²) in [6.45, 7) is 1.31. The van der Waals surface area contributed by atoms with E-state index in [-0.39, 0.29) is 12.0 Å². The lowest BCUT2D eigenvalue weighted by Crippen LogP contribution is -2.16. The standard InChI is InChI=1S/C19H17N3O3/c23-18(17-3-1-2-8-20-17)22-14-4-5-16-13(11-14)6-9-21-19(16)25-15-7-10-24-12-15/h1-6,8-9,11,15H,7,10,12H2,(H,22,23). The largest absolute Gasteiger partial charge is 0.471 e. The number of hydrogen-bond acceptors (Lipinski definition) is 5. The predicted molar refractivity (Wildman–Crippen MR) is 93.8 cm³/mol. The van der Waals surface area contributed by atoms with Crippen LogP contribution in [0.4, 0.5) is 5.69 Å². The molecule has 4 rings (SSSR count). The molecule has 0 saturated carbocycles. The third-order valence-corrected chi connectivity index (χ3v) is 4.05. The van der Waals surface area contributed by atoms with Crippen LogP contribution in [0.3, 0.4) is 0 Å². The van der Waals surface area contributed by atoms with Gasteiger partial charge in [-0.25, -0.2) is 4.98 Å². The van der Waals surface area contributed by atoms with Gasteiger partial charge in [0.2, 0.25) is 5.88 Å². The molecule has 0 spiro atoms. The Hall–Kier alpha value is -2.99. The highest BCUT2D eigenvalue weighted by atomic mass is 16.5. The fraction of sp³-hybridized carbons (Fsp3) is 0.211. The molecule has 0 aliphatic carbocycles. The van der Waals surface area contributed by atoms with E-state index in [1.54, 1.807) is 30.6 Å². The number of benzene rings is 1. The van der Waals surface area contributed by atoms with Gasteiger partial charge in [0.1, 0.15) is 11.8 Å². The van der Waals surface area contributed by atoms with Crippen molar-refractivity contribution in [2.45, 2.75) is 12.5 Å². The van der Waals surface area contributed by atoms with Gasteiger partial charge in [-0.15, -0.1) is 0 Å². The molecule has 3 aromatic rings. The summed E-state index contributed by atoms with van der Waals surface area (Å²) in [7, 11) is 0. The van der Waals surface area contributed by atoms with Gasteiger partial charge in [0.05, 0.1) is 13.2 Å². The quantitative estimate of drug-likeness (QED) is 0.793. The van der Waals surface area contributed by atoms with Crippen LogP contribution in [0.5, 0.6) is 5.88 Å². The zero-order valence-electron chi connectivity index (χ0n) is 13.5. The molecule has 1 saturated heterocycles. The minimum atomic E-state index is -0.242. The number of carbonyl (C=O) groups is 1. The second-order valence-corrected chi connectivity index (χ2v) is 5.82. The highest BCUT2D eigenvalue weighted by molar-refractivity contribution is 6.04. The lowest BCUT2D eigenvalue weighted by Gasteiger charge is -2.13. The van der Waals surface area contributed by atoms with Crippen LogP contribution in [0.25, 0.3) is 10.8 Å². The van der Waals surface area contributed by atoms with E-state index in [0.717, 1.165) is 23.8 Å². The number of carbonyl (C=O) groups excluding carboxylic acids is 1. The van der Waals surface area contributed by atoms with Gasteiger partial charge in [-0.05, 0) is 41.8 Å². The lowest BCUT2D eigenvalue weighted by atomic mass is 10.1. The second-order valence-electron chi connectivity index (χ2n) is 5.82. The molecule has 2 aromatic heterocycles. The first-order chi connectivity index (χ1) is 12.3. The highest BCUT2D eigenvalue weighted by Gasteiger charge is 2.19. The minimum Gasteiger partial charge on any atom is -0.471 e. The van der Waals surface area contributed by atoms with Crippen LogP contribution in [-0.4, -0.2) is 35.2 Å². The number of anilines is 1. The molecule has 1 aromatic carbocycles. The van der Waals surface area contributed by atoms with Crippen molar-refractivity contribution in [3.8, 4) is 5.88 Å². The number of pyridine rings is 2. The molecule has 1 fully saturated rings. The first kappa shape index (κ1) is 15.5. The molecule has 25 heavy (non-hydrogen) atoms. The first-order valence-corrected chi connectivity index (χ1v) is 8.15. The lowest BCUT2D eigenvalue weighted by molar-refractivity contribution is 0.102. The summed E-state index contributed by atoms with van der Waals surface area (Å²) < 4.78 is 11.3. The van der Waals surface area contributed by atoms with Crippen LogP contribution >= 0.6 is 0 Å². The first-order valence-electron chi connectivity index (χ1n) is 8.15. The van der Waals surface area contributed by atoms with E-state index in [2.05, 4.69) is 15.3 Å². The Kier molecular flexibility index (Phi) is 4.26. The van der Waals surface area contributed by atoms with Gasteiger partial charge in [0, 0.05) is 29.9 Å². The smallest absolute Gasteiger partial charge is 0.274 e. The molecule has 1 aliphatic rings. The summed E-state index contributed by atoms with van der Waals surface area (Å²) in [6, 6.07) is 12.8. The Balaban J connectivity index is 1.57. The number of ether oxygens (including phenoxy) is 2. The van der Waals surface area contributed by atoms with Crippen LogP contribution in [0.1, 0.15) is 16.9 Å². The molecule has 0 radical (unpaired) electrons. The summed E-state index contributed by atoms with van der Waals surface area (Å²) in [4.78, 5) is 20.6. The number of rotatable bonds is 4. The van der Waals surface area contributed by atoms with Crippen LogP contribution in [0.15, 0.2) is 54.9 Å². The summed E-state index contributed by atoms with van der Waals surface area (Å²) in [6.07, 6.45) is 4.22. The van der Waals surface area contributed by atoms with Gasteiger partial charge < -0.3 is 14.8 Å². The molecule has 6 nitrogen and oxygen atoms in total. The number of amides is 1. The fourth-order valence-corrected chi connectivity index (χ4v) is 2.78. The number of nitrogens with one attached hydrogen (secondary N) is 1. The van der Waals surface area contributed by atoms with Gasteiger partial charge in [-0.2, -0.15) is 0 Å².